The number of rotatable bonds is 9. The molecule has 0 radical (unpaired) electrons. The highest BCUT2D eigenvalue weighted by Gasteiger charge is 2.06. The van der Waals surface area contributed by atoms with E-state index >= 15 is 0 Å². The third kappa shape index (κ3) is 5.89. The Labute approximate surface area is 188 Å². The number of ketones is 1. The number of H-pyrrole nitrogens is 1. The second kappa shape index (κ2) is 10.5. The van der Waals surface area contributed by atoms with Gasteiger partial charge in [0, 0.05) is 5.75 Å². The summed E-state index contributed by atoms with van der Waals surface area (Å²) in [5.41, 5.74) is 3.13. The first-order valence-electron chi connectivity index (χ1n) is 9.83. The molecule has 0 aliphatic rings. The summed E-state index contributed by atoms with van der Waals surface area (Å²) >= 11 is 1.57. The lowest BCUT2D eigenvalue weighted by Gasteiger charge is -2.06. The highest BCUT2D eigenvalue weighted by atomic mass is 32.2. The monoisotopic (exact) mass is 446 g/mol. The summed E-state index contributed by atoms with van der Waals surface area (Å²) in [5.74, 6) is 1.02. The fourth-order valence-corrected chi connectivity index (χ4v) is 3.59. The van der Waals surface area contributed by atoms with Gasteiger partial charge >= 0.3 is 0 Å². The van der Waals surface area contributed by atoms with Gasteiger partial charge in [-0.1, -0.05) is 36.4 Å². The third-order valence-corrected chi connectivity index (χ3v) is 5.36. The summed E-state index contributed by atoms with van der Waals surface area (Å²) in [6.45, 7) is 0.520. The number of halogens is 1. The molecule has 0 atom stereocenters. The molecule has 0 amide bonds. The Kier molecular flexibility index (Phi) is 7.04. The van der Waals surface area contributed by atoms with Crippen molar-refractivity contribution in [1.29, 1.82) is 0 Å². The van der Waals surface area contributed by atoms with E-state index in [1.165, 1.54) is 30.6 Å². The molecule has 0 aliphatic heterocycles. The van der Waals surface area contributed by atoms with Crippen molar-refractivity contribution >= 4 is 40.9 Å². The Morgan fingerprint density at radius 3 is 2.38 bits per heavy atom. The number of carbonyl (C=O) groups is 1. The molecule has 0 spiro atoms. The molecule has 0 saturated heterocycles. The zero-order chi connectivity index (χ0) is 22.2. The minimum Gasteiger partial charge on any atom is -0.493 e. The number of fused-ring (bicyclic) bond motifs is 1. The summed E-state index contributed by atoms with van der Waals surface area (Å²) in [5, 5.41) is 0.842. The molecule has 2 heterocycles. The Morgan fingerprint density at radius 2 is 1.66 bits per heavy atom. The van der Waals surface area contributed by atoms with Crippen molar-refractivity contribution in [3.8, 4) is 5.75 Å². The maximum Gasteiger partial charge on any atom is 0.181 e. The predicted octanol–water partition coefficient (Wildman–Crippen LogP) is 4.96. The van der Waals surface area contributed by atoms with Crippen molar-refractivity contribution < 1.29 is 13.9 Å². The van der Waals surface area contributed by atoms with Crippen LogP contribution in [0.3, 0.4) is 0 Å². The van der Waals surface area contributed by atoms with Crippen LogP contribution in [-0.4, -0.2) is 38.1 Å². The lowest BCUT2D eigenvalue weighted by atomic mass is 10.1. The molecule has 0 saturated carbocycles. The van der Waals surface area contributed by atoms with Crippen molar-refractivity contribution in [3.63, 3.8) is 0 Å². The van der Waals surface area contributed by atoms with Crippen LogP contribution in [0.15, 0.2) is 78.4 Å². The van der Waals surface area contributed by atoms with Crippen LogP contribution in [-0.2, 0) is 4.79 Å². The highest BCUT2D eigenvalue weighted by molar-refractivity contribution is 7.99. The van der Waals surface area contributed by atoms with E-state index in [4.69, 9.17) is 4.74 Å². The number of hydrogen-bond donors (Lipinski definition) is 1. The van der Waals surface area contributed by atoms with Gasteiger partial charge in [0.15, 0.2) is 11.4 Å². The Balaban J connectivity index is 1.23. The van der Waals surface area contributed by atoms with Crippen LogP contribution in [0.5, 0.6) is 5.75 Å². The fourth-order valence-electron chi connectivity index (χ4n) is 2.81. The number of aromatic amines is 1. The SMILES string of the molecule is O=C(/C=C/c1ccc(F)cc1)/C=C/c1ccc(OCCSc2ncnc3nc[nH]c23)cc1. The molecule has 0 fully saturated rings. The zero-order valence-corrected chi connectivity index (χ0v) is 17.8. The normalized spacial score (nSPS) is 11.5. The molecule has 0 unspecified atom stereocenters. The lowest BCUT2D eigenvalue weighted by molar-refractivity contribution is -0.110. The molecule has 8 heteroatoms. The molecule has 1 N–H and O–H groups in total. The molecule has 0 aliphatic carbocycles. The number of nitrogens with zero attached hydrogens (tertiary/aromatic N) is 3. The Morgan fingerprint density at radius 1 is 0.969 bits per heavy atom. The number of nitrogens with one attached hydrogen (secondary N) is 1. The standard InChI is InChI=1S/C24H19FN4O2S/c25-19-7-1-17(2-8-19)3-9-20(30)10-4-18-5-11-21(12-6-18)31-13-14-32-24-22-23(27-15-26-22)28-16-29-24/h1-12,15-16H,13-14H2,(H,26,27,28,29)/b9-3+,10-4+. The van der Waals surface area contributed by atoms with Gasteiger partial charge in [-0.05, 0) is 47.5 Å². The topological polar surface area (TPSA) is 80.8 Å². The summed E-state index contributed by atoms with van der Waals surface area (Å²) in [6.07, 6.45) is 9.44. The second-order valence-corrected chi connectivity index (χ2v) is 7.75. The Hall–Kier alpha value is -3.78. The van der Waals surface area contributed by atoms with Crippen molar-refractivity contribution in [2.75, 3.05) is 12.4 Å². The number of aromatic nitrogens is 4. The molecule has 2 aromatic heterocycles. The summed E-state index contributed by atoms with van der Waals surface area (Å²) in [4.78, 5) is 27.5. The first-order chi connectivity index (χ1) is 15.7. The van der Waals surface area contributed by atoms with Gasteiger partial charge in [-0.3, -0.25) is 4.79 Å². The molecule has 32 heavy (non-hydrogen) atoms. The number of ether oxygens (including phenoxy) is 1. The summed E-state index contributed by atoms with van der Waals surface area (Å²) in [7, 11) is 0. The molecule has 4 aromatic rings. The molecule has 2 aromatic carbocycles. The molecule has 0 bridgehead atoms. The van der Waals surface area contributed by atoms with Crippen molar-refractivity contribution in [1.82, 2.24) is 19.9 Å². The van der Waals surface area contributed by atoms with E-state index in [2.05, 4.69) is 19.9 Å². The average molecular weight is 447 g/mol. The molecule has 4 rings (SSSR count). The van der Waals surface area contributed by atoms with Crippen molar-refractivity contribution in [2.24, 2.45) is 0 Å². The average Bonchev–Trinajstić information content (AvgIpc) is 3.31. The first kappa shape index (κ1) is 21.5. The van der Waals surface area contributed by atoms with Crippen LogP contribution in [0.2, 0.25) is 0 Å². The maximum atomic E-state index is 12.9. The van der Waals surface area contributed by atoms with Gasteiger partial charge in [-0.25, -0.2) is 19.3 Å². The minimum atomic E-state index is -0.305. The van der Waals surface area contributed by atoms with E-state index in [1.807, 2.05) is 24.3 Å². The fraction of sp³-hybridized carbons (Fsp3) is 0.0833. The third-order valence-electron chi connectivity index (χ3n) is 4.41. The van der Waals surface area contributed by atoms with Gasteiger partial charge in [0.1, 0.15) is 28.4 Å². The van der Waals surface area contributed by atoms with E-state index in [0.29, 0.717) is 12.3 Å². The number of imidazole rings is 1. The Bertz CT molecular complexity index is 1250. The number of hydrogen-bond acceptors (Lipinski definition) is 6. The predicted molar refractivity (Wildman–Crippen MR) is 124 cm³/mol. The minimum absolute atomic E-state index is 0.150. The van der Waals surface area contributed by atoms with Crippen LogP contribution in [0, 0.1) is 5.82 Å². The van der Waals surface area contributed by atoms with E-state index in [0.717, 1.165) is 33.2 Å². The van der Waals surface area contributed by atoms with Crippen LogP contribution in [0.4, 0.5) is 4.39 Å². The summed E-state index contributed by atoms with van der Waals surface area (Å²) < 4.78 is 18.7. The highest BCUT2D eigenvalue weighted by Crippen LogP contribution is 2.22. The molecular formula is C24H19FN4O2S. The van der Waals surface area contributed by atoms with Crippen LogP contribution in [0.1, 0.15) is 11.1 Å². The second-order valence-electron chi connectivity index (χ2n) is 6.67. The molecular weight excluding hydrogens is 427 g/mol. The largest absolute Gasteiger partial charge is 0.493 e. The molecule has 6 nitrogen and oxygen atoms in total. The molecule has 160 valence electrons. The van der Waals surface area contributed by atoms with Gasteiger partial charge in [-0.2, -0.15) is 0 Å². The van der Waals surface area contributed by atoms with Gasteiger partial charge in [0.05, 0.1) is 12.9 Å². The van der Waals surface area contributed by atoms with E-state index in [9.17, 15) is 9.18 Å². The van der Waals surface area contributed by atoms with Gasteiger partial charge in [0.2, 0.25) is 0 Å². The van der Waals surface area contributed by atoms with Gasteiger partial charge in [0.25, 0.3) is 0 Å². The van der Waals surface area contributed by atoms with Crippen LogP contribution < -0.4 is 4.74 Å². The van der Waals surface area contributed by atoms with E-state index in [-0.39, 0.29) is 11.6 Å². The van der Waals surface area contributed by atoms with Crippen molar-refractivity contribution in [3.05, 3.63) is 90.3 Å². The number of benzene rings is 2. The van der Waals surface area contributed by atoms with Gasteiger partial charge in [-0.15, -0.1) is 11.8 Å². The van der Waals surface area contributed by atoms with Gasteiger partial charge < -0.3 is 9.72 Å². The summed E-state index contributed by atoms with van der Waals surface area (Å²) in [6, 6.07) is 13.4. The van der Waals surface area contributed by atoms with Crippen molar-refractivity contribution in [2.45, 2.75) is 5.03 Å². The first-order valence-corrected chi connectivity index (χ1v) is 10.8. The number of carbonyl (C=O) groups excluding carboxylic acids is 1. The quantitative estimate of drug-likeness (QED) is 0.169. The van der Waals surface area contributed by atoms with Crippen LogP contribution >= 0.6 is 11.8 Å². The lowest BCUT2D eigenvalue weighted by Crippen LogP contribution is -2.00. The zero-order valence-electron chi connectivity index (χ0n) is 16.9. The van der Waals surface area contributed by atoms with E-state index < -0.39 is 0 Å². The number of thioether (sulfide) groups is 1. The maximum absolute atomic E-state index is 12.9. The number of allylic oxidation sites excluding steroid dienone is 2. The van der Waals surface area contributed by atoms with E-state index in [1.54, 1.807) is 42.4 Å². The van der Waals surface area contributed by atoms with Crippen LogP contribution in [0.25, 0.3) is 23.3 Å². The smallest absolute Gasteiger partial charge is 0.181 e.